The monoisotopic (exact) mass is 321 g/mol. The predicted molar refractivity (Wildman–Crippen MR) is 102 cm³/mol. The molecule has 1 aromatic heterocycles. The van der Waals surface area contributed by atoms with Crippen LogP contribution in [0.1, 0.15) is 40.2 Å². The minimum atomic E-state index is -0.302. The highest BCUT2D eigenvalue weighted by Crippen LogP contribution is 2.29. The van der Waals surface area contributed by atoms with Crippen molar-refractivity contribution in [2.75, 3.05) is 0 Å². The van der Waals surface area contributed by atoms with Gasteiger partial charge in [0.25, 0.3) is 0 Å². The molecule has 3 rings (SSSR count). The van der Waals surface area contributed by atoms with Crippen LogP contribution in [0.15, 0.2) is 48.5 Å². The van der Waals surface area contributed by atoms with Crippen molar-refractivity contribution in [3.05, 3.63) is 54.1 Å². The highest BCUT2D eigenvalue weighted by atomic mass is 15.1. The molecule has 0 fully saturated rings. The zero-order valence-electron chi connectivity index (χ0n) is 15.3. The predicted octanol–water partition coefficient (Wildman–Crippen LogP) is 4.74. The van der Waals surface area contributed by atoms with Gasteiger partial charge < -0.3 is 10.3 Å². The van der Waals surface area contributed by atoms with Crippen molar-refractivity contribution in [1.29, 1.82) is 0 Å². The van der Waals surface area contributed by atoms with Gasteiger partial charge in [-0.05, 0) is 37.0 Å². The van der Waals surface area contributed by atoms with Crippen LogP contribution in [0.4, 0.5) is 0 Å². The van der Waals surface area contributed by atoms with Gasteiger partial charge in [-0.3, -0.25) is 0 Å². The first-order valence-electron chi connectivity index (χ1n) is 8.50. The molecule has 24 heavy (non-hydrogen) atoms. The van der Waals surface area contributed by atoms with Gasteiger partial charge in [0.05, 0.1) is 11.0 Å². The van der Waals surface area contributed by atoms with E-state index in [-0.39, 0.29) is 11.0 Å². The summed E-state index contributed by atoms with van der Waals surface area (Å²) in [7, 11) is 0. The summed E-state index contributed by atoms with van der Waals surface area (Å²) in [6.45, 7) is 11.5. The summed E-state index contributed by atoms with van der Waals surface area (Å²) in [5, 5.41) is 0. The molecule has 0 amide bonds. The smallest absolute Gasteiger partial charge is 0.141 e. The van der Waals surface area contributed by atoms with Gasteiger partial charge in [0.15, 0.2) is 0 Å². The Balaban J connectivity index is 2.13. The number of nitrogens with zero attached hydrogens (tertiary/aromatic N) is 2. The van der Waals surface area contributed by atoms with Gasteiger partial charge in [-0.25, -0.2) is 4.98 Å². The average molecular weight is 321 g/mol. The SMILES string of the molecule is CC(C)(N)Cn1c(-c2ccc(C(C)(C)C)cc2)nc2ccccc21. The fourth-order valence-electron chi connectivity index (χ4n) is 2.98. The van der Waals surface area contributed by atoms with E-state index in [2.05, 4.69) is 67.8 Å². The number of fused-ring (bicyclic) bond motifs is 1. The zero-order chi connectivity index (χ0) is 17.5. The number of hydrogen-bond acceptors (Lipinski definition) is 2. The summed E-state index contributed by atoms with van der Waals surface area (Å²) in [4.78, 5) is 4.87. The normalized spacial score (nSPS) is 12.8. The van der Waals surface area contributed by atoms with Crippen LogP contribution >= 0.6 is 0 Å². The van der Waals surface area contributed by atoms with Gasteiger partial charge in [-0.1, -0.05) is 57.2 Å². The Kier molecular flexibility index (Phi) is 4.00. The standard InChI is InChI=1S/C21H27N3/c1-20(2,3)16-12-10-15(11-13-16)19-23-17-8-6-7-9-18(17)24(19)14-21(4,5)22/h6-13H,14,22H2,1-5H3. The number of rotatable bonds is 3. The van der Waals surface area contributed by atoms with Crippen molar-refractivity contribution >= 4 is 11.0 Å². The molecule has 3 heteroatoms. The highest BCUT2D eigenvalue weighted by Gasteiger charge is 2.19. The fraction of sp³-hybridized carbons (Fsp3) is 0.381. The second kappa shape index (κ2) is 5.75. The summed E-state index contributed by atoms with van der Waals surface area (Å²) >= 11 is 0. The van der Waals surface area contributed by atoms with E-state index in [9.17, 15) is 0 Å². The molecule has 0 aliphatic rings. The van der Waals surface area contributed by atoms with E-state index in [0.29, 0.717) is 0 Å². The number of aromatic nitrogens is 2. The molecule has 0 aliphatic heterocycles. The summed E-state index contributed by atoms with van der Waals surface area (Å²) < 4.78 is 2.24. The average Bonchev–Trinajstić information content (AvgIpc) is 2.84. The molecule has 3 aromatic rings. The molecule has 2 N–H and O–H groups in total. The Labute approximate surface area is 144 Å². The number of para-hydroxylation sites is 2. The van der Waals surface area contributed by atoms with E-state index in [1.165, 1.54) is 5.56 Å². The molecule has 0 radical (unpaired) electrons. The molecular weight excluding hydrogens is 294 g/mol. The van der Waals surface area contributed by atoms with Gasteiger partial charge >= 0.3 is 0 Å². The van der Waals surface area contributed by atoms with E-state index in [4.69, 9.17) is 10.7 Å². The van der Waals surface area contributed by atoms with E-state index >= 15 is 0 Å². The third kappa shape index (κ3) is 3.36. The van der Waals surface area contributed by atoms with Crippen LogP contribution in [-0.2, 0) is 12.0 Å². The summed E-state index contributed by atoms with van der Waals surface area (Å²) in [5.74, 6) is 0.982. The Bertz CT molecular complexity index is 843. The largest absolute Gasteiger partial charge is 0.324 e. The van der Waals surface area contributed by atoms with E-state index < -0.39 is 0 Å². The molecule has 126 valence electrons. The maximum atomic E-state index is 6.30. The summed E-state index contributed by atoms with van der Waals surface area (Å²) in [5.41, 5.74) is 10.7. The third-order valence-corrected chi connectivity index (χ3v) is 4.23. The lowest BCUT2D eigenvalue weighted by Crippen LogP contribution is -2.37. The Morgan fingerprint density at radius 1 is 0.917 bits per heavy atom. The molecular formula is C21H27N3. The molecule has 0 bridgehead atoms. The van der Waals surface area contributed by atoms with Gasteiger partial charge in [0.1, 0.15) is 5.82 Å². The van der Waals surface area contributed by atoms with E-state index in [0.717, 1.165) is 29.0 Å². The first-order chi connectivity index (χ1) is 11.1. The fourth-order valence-corrected chi connectivity index (χ4v) is 2.98. The minimum absolute atomic E-state index is 0.151. The van der Waals surface area contributed by atoms with Gasteiger partial charge in [0, 0.05) is 17.6 Å². The van der Waals surface area contributed by atoms with E-state index in [1.54, 1.807) is 0 Å². The van der Waals surface area contributed by atoms with Crippen molar-refractivity contribution < 1.29 is 0 Å². The molecule has 0 aliphatic carbocycles. The second-order valence-electron chi connectivity index (χ2n) is 8.33. The van der Waals surface area contributed by atoms with Gasteiger partial charge in [-0.15, -0.1) is 0 Å². The molecule has 1 heterocycles. The zero-order valence-corrected chi connectivity index (χ0v) is 15.3. The number of benzene rings is 2. The van der Waals surface area contributed by atoms with E-state index in [1.807, 2.05) is 19.9 Å². The third-order valence-electron chi connectivity index (χ3n) is 4.23. The van der Waals surface area contributed by atoms with Crippen molar-refractivity contribution in [3.8, 4) is 11.4 Å². The molecule has 0 saturated carbocycles. The van der Waals surface area contributed by atoms with Crippen molar-refractivity contribution in [2.24, 2.45) is 5.73 Å². The van der Waals surface area contributed by atoms with Gasteiger partial charge in [-0.2, -0.15) is 0 Å². The lowest BCUT2D eigenvalue weighted by atomic mass is 9.86. The summed E-state index contributed by atoms with van der Waals surface area (Å²) in [6.07, 6.45) is 0. The Hall–Kier alpha value is -2.13. The van der Waals surface area contributed by atoms with Crippen molar-refractivity contribution in [1.82, 2.24) is 9.55 Å². The molecule has 3 nitrogen and oxygen atoms in total. The Morgan fingerprint density at radius 2 is 1.54 bits per heavy atom. The maximum absolute atomic E-state index is 6.30. The van der Waals surface area contributed by atoms with Crippen molar-refractivity contribution in [3.63, 3.8) is 0 Å². The van der Waals surface area contributed by atoms with Crippen molar-refractivity contribution in [2.45, 2.75) is 52.1 Å². The molecule has 0 saturated heterocycles. The Morgan fingerprint density at radius 3 is 2.12 bits per heavy atom. The maximum Gasteiger partial charge on any atom is 0.141 e. The van der Waals surface area contributed by atoms with Crippen LogP contribution in [0, 0.1) is 0 Å². The highest BCUT2D eigenvalue weighted by molar-refractivity contribution is 5.80. The number of hydrogen-bond donors (Lipinski definition) is 1. The molecule has 0 unspecified atom stereocenters. The minimum Gasteiger partial charge on any atom is -0.324 e. The topological polar surface area (TPSA) is 43.8 Å². The van der Waals surface area contributed by atoms with Crippen LogP contribution in [0.2, 0.25) is 0 Å². The van der Waals surface area contributed by atoms with Crippen LogP contribution < -0.4 is 5.73 Å². The first kappa shape index (κ1) is 16.7. The number of nitrogens with two attached hydrogens (primary N) is 1. The lowest BCUT2D eigenvalue weighted by molar-refractivity contribution is 0.442. The molecule has 0 spiro atoms. The van der Waals surface area contributed by atoms with Gasteiger partial charge in [0.2, 0.25) is 0 Å². The van der Waals surface area contributed by atoms with Crippen LogP contribution in [0.25, 0.3) is 22.4 Å². The quantitative estimate of drug-likeness (QED) is 0.757. The van der Waals surface area contributed by atoms with Crippen LogP contribution in [-0.4, -0.2) is 15.1 Å². The van der Waals surface area contributed by atoms with Crippen LogP contribution in [0.3, 0.4) is 0 Å². The number of imidazole rings is 1. The molecule has 0 atom stereocenters. The lowest BCUT2D eigenvalue weighted by Gasteiger charge is -2.22. The summed E-state index contributed by atoms with van der Waals surface area (Å²) in [6, 6.07) is 17.0. The molecule has 2 aromatic carbocycles. The second-order valence-corrected chi connectivity index (χ2v) is 8.33. The van der Waals surface area contributed by atoms with Crippen LogP contribution in [0.5, 0.6) is 0 Å². The first-order valence-corrected chi connectivity index (χ1v) is 8.50.